The van der Waals surface area contributed by atoms with Gasteiger partial charge in [-0.1, -0.05) is 89.4 Å². The summed E-state index contributed by atoms with van der Waals surface area (Å²) in [6.45, 7) is 9.64. The second-order valence-electron chi connectivity index (χ2n) is 20.8. The highest BCUT2D eigenvalue weighted by Crippen LogP contribution is 2.37. The number of aliphatic hydroxyl groups is 2. The highest BCUT2D eigenvalue weighted by molar-refractivity contribution is 6.42. The first-order chi connectivity index (χ1) is 35.1. The summed E-state index contributed by atoms with van der Waals surface area (Å²) in [7, 11) is 0. The fourth-order valence-electron chi connectivity index (χ4n) is 12.0. The first-order valence-electron chi connectivity index (χ1n) is 26.5. The van der Waals surface area contributed by atoms with Crippen LogP contribution < -0.4 is 5.32 Å². The topological polar surface area (TPSA) is 131 Å². The molecule has 0 spiro atoms. The minimum atomic E-state index is -0.107. The summed E-state index contributed by atoms with van der Waals surface area (Å²) >= 11 is 12.0. The molecular formula is C59H73Cl2N7O4. The molecule has 10 rings (SSSR count). The van der Waals surface area contributed by atoms with Gasteiger partial charge in [-0.3, -0.25) is 14.6 Å². The first kappa shape index (κ1) is 51.7. The summed E-state index contributed by atoms with van der Waals surface area (Å²) in [5, 5.41) is 26.9. The van der Waals surface area contributed by atoms with E-state index in [1.807, 2.05) is 28.0 Å². The minimum Gasteiger partial charge on any atom is -0.395 e. The number of aliphatic hydroxyl groups excluding tert-OH is 2. The lowest BCUT2D eigenvalue weighted by molar-refractivity contribution is -0.127. The molecule has 2 atom stereocenters. The van der Waals surface area contributed by atoms with Gasteiger partial charge in [-0.2, -0.15) is 0 Å². The molecule has 13 heteroatoms. The van der Waals surface area contributed by atoms with Gasteiger partial charge in [0.2, 0.25) is 5.91 Å². The Bertz CT molecular complexity index is 2740. The van der Waals surface area contributed by atoms with Crippen molar-refractivity contribution in [1.82, 2.24) is 29.6 Å². The largest absolute Gasteiger partial charge is 0.395 e. The van der Waals surface area contributed by atoms with Crippen LogP contribution in [0.1, 0.15) is 98.3 Å². The van der Waals surface area contributed by atoms with E-state index in [1.54, 1.807) is 24.3 Å². The van der Waals surface area contributed by atoms with E-state index in [9.17, 15) is 19.8 Å². The van der Waals surface area contributed by atoms with Crippen molar-refractivity contribution in [3.05, 3.63) is 142 Å². The second kappa shape index (κ2) is 24.7. The monoisotopic (exact) mass is 1010 g/mol. The standard InChI is InChI=1S/C31H39N3O2.C28H34Cl2N4O2/c1-23-5-4-6-24(19-23)9-10-31(36)34-15-11-25(12-16-34)20-27(22-35)33-17-13-26(14-18-33)29-21-32-30-8-3-2-7-28(29)30;29-25-6-5-21(16-26(25)30)32-28(36)34-11-7-19(8-12-34)15-22(18-35)33-13-9-20(10-14-33)24-17-31-27-4-2-1-3-23(24)27/h2-10,19,21,25-27,32,35H,11-18,20,22H2,1H3;1-6,16-17,19-20,22,31,35H,7-15,18H2,(H,32,36)/b10-9+;. The number of hydrogen-bond acceptors (Lipinski definition) is 6. The van der Waals surface area contributed by atoms with Crippen molar-refractivity contribution in [3.8, 4) is 0 Å². The molecule has 2 aromatic heterocycles. The zero-order valence-electron chi connectivity index (χ0n) is 41.8. The van der Waals surface area contributed by atoms with Crippen LogP contribution in [0, 0.1) is 18.8 Å². The molecule has 4 aromatic carbocycles. The molecule has 5 N–H and O–H groups in total. The first-order valence-corrected chi connectivity index (χ1v) is 27.2. The highest BCUT2D eigenvalue weighted by atomic mass is 35.5. The average Bonchev–Trinajstić information content (AvgIpc) is 4.06. The Morgan fingerprint density at radius 1 is 0.625 bits per heavy atom. The molecule has 4 aliphatic rings. The van der Waals surface area contributed by atoms with Crippen LogP contribution in [0.25, 0.3) is 27.9 Å². The van der Waals surface area contributed by atoms with Gasteiger partial charge in [0.15, 0.2) is 0 Å². The number of fused-ring (bicyclic) bond motifs is 2. The predicted octanol–water partition coefficient (Wildman–Crippen LogP) is 11.7. The van der Waals surface area contributed by atoms with Gasteiger partial charge >= 0.3 is 6.03 Å². The molecule has 6 heterocycles. The lowest BCUT2D eigenvalue weighted by atomic mass is 9.86. The molecule has 2 unspecified atom stereocenters. The van der Waals surface area contributed by atoms with E-state index in [0.717, 1.165) is 122 Å². The van der Waals surface area contributed by atoms with Gasteiger partial charge in [-0.05, 0) is 174 Å². The molecule has 4 fully saturated rings. The van der Waals surface area contributed by atoms with Gasteiger partial charge < -0.3 is 35.3 Å². The van der Waals surface area contributed by atoms with E-state index < -0.39 is 0 Å². The number of hydrogen-bond donors (Lipinski definition) is 5. The summed E-state index contributed by atoms with van der Waals surface area (Å²) < 4.78 is 0. The van der Waals surface area contributed by atoms with Crippen molar-refractivity contribution < 1.29 is 19.8 Å². The average molecular weight is 1020 g/mol. The Balaban J connectivity index is 0.000000178. The molecule has 4 aliphatic heterocycles. The second-order valence-corrected chi connectivity index (χ2v) is 21.7. The zero-order chi connectivity index (χ0) is 50.0. The van der Waals surface area contributed by atoms with Crippen LogP contribution in [0.3, 0.4) is 0 Å². The number of H-pyrrole nitrogens is 2. The predicted molar refractivity (Wildman–Crippen MR) is 294 cm³/mol. The van der Waals surface area contributed by atoms with Gasteiger partial charge in [0.05, 0.1) is 23.3 Å². The van der Waals surface area contributed by atoms with Crippen molar-refractivity contribution in [2.45, 2.75) is 95.1 Å². The number of aryl methyl sites for hydroxylation is 1. The molecule has 0 aliphatic carbocycles. The number of aromatic amines is 2. The molecule has 6 aromatic rings. The number of carbonyl (C=O) groups excluding carboxylic acids is 2. The number of para-hydroxylation sites is 2. The van der Waals surface area contributed by atoms with Crippen LogP contribution in [-0.4, -0.2) is 129 Å². The van der Waals surface area contributed by atoms with E-state index in [0.29, 0.717) is 39.4 Å². The van der Waals surface area contributed by atoms with Gasteiger partial charge in [0.25, 0.3) is 0 Å². The molecule has 0 bridgehead atoms. The molecule has 11 nitrogen and oxygen atoms in total. The number of amides is 3. The number of piperidine rings is 4. The van der Waals surface area contributed by atoms with E-state index in [1.165, 1.54) is 38.5 Å². The van der Waals surface area contributed by atoms with E-state index in [2.05, 4.69) is 105 Å². The van der Waals surface area contributed by atoms with Crippen LogP contribution in [0.4, 0.5) is 10.5 Å². The number of aromatic nitrogens is 2. The van der Waals surface area contributed by atoms with Gasteiger partial charge in [0.1, 0.15) is 0 Å². The normalized spacial score (nSPS) is 19.2. The molecule has 3 amide bonds. The number of benzene rings is 4. The third-order valence-electron chi connectivity index (χ3n) is 16.3. The number of nitrogens with one attached hydrogen (secondary N) is 3. The fourth-order valence-corrected chi connectivity index (χ4v) is 12.3. The lowest BCUT2D eigenvalue weighted by Gasteiger charge is -2.40. The van der Waals surface area contributed by atoms with E-state index in [-0.39, 0.29) is 37.2 Å². The van der Waals surface area contributed by atoms with Crippen LogP contribution >= 0.6 is 23.2 Å². The van der Waals surface area contributed by atoms with Gasteiger partial charge in [0, 0.05) is 84.2 Å². The third kappa shape index (κ3) is 13.0. The van der Waals surface area contributed by atoms with Gasteiger partial charge in [-0.15, -0.1) is 0 Å². The number of likely N-dealkylation sites (tertiary alicyclic amines) is 4. The third-order valence-corrected chi connectivity index (χ3v) is 17.0. The molecule has 0 radical (unpaired) electrons. The minimum absolute atomic E-state index is 0.105. The Morgan fingerprint density at radius 3 is 1.64 bits per heavy atom. The maximum absolute atomic E-state index is 12.7. The Labute approximate surface area is 435 Å². The molecule has 72 heavy (non-hydrogen) atoms. The summed E-state index contributed by atoms with van der Waals surface area (Å²) in [6, 6.07) is 30.7. The van der Waals surface area contributed by atoms with Crippen molar-refractivity contribution >= 4 is 68.7 Å². The summed E-state index contributed by atoms with van der Waals surface area (Å²) in [5.74, 6) is 2.33. The molecular weight excluding hydrogens is 942 g/mol. The number of anilines is 1. The van der Waals surface area contributed by atoms with Crippen molar-refractivity contribution in [2.24, 2.45) is 11.8 Å². The van der Waals surface area contributed by atoms with E-state index in [4.69, 9.17) is 23.2 Å². The highest BCUT2D eigenvalue weighted by Gasteiger charge is 2.32. The molecule has 0 saturated carbocycles. The van der Waals surface area contributed by atoms with Crippen molar-refractivity contribution in [3.63, 3.8) is 0 Å². The maximum atomic E-state index is 12.7. The Kier molecular flexibility index (Phi) is 17.8. The molecule has 4 saturated heterocycles. The number of urea groups is 1. The Morgan fingerprint density at radius 2 is 1.14 bits per heavy atom. The molecule has 382 valence electrons. The smallest absolute Gasteiger partial charge is 0.321 e. The van der Waals surface area contributed by atoms with Crippen molar-refractivity contribution in [1.29, 1.82) is 0 Å². The Hall–Kier alpha value is -5.14. The number of carbonyl (C=O) groups is 2. The summed E-state index contributed by atoms with van der Waals surface area (Å²) in [6.07, 6.45) is 18.5. The number of nitrogens with zero attached hydrogens (tertiary/aromatic N) is 4. The van der Waals surface area contributed by atoms with Crippen molar-refractivity contribution in [2.75, 3.05) is 70.9 Å². The lowest BCUT2D eigenvalue weighted by Crippen LogP contribution is -2.46. The van der Waals surface area contributed by atoms with E-state index >= 15 is 0 Å². The SMILES string of the molecule is Cc1cccc(/C=C/C(=O)N2CCC(CC(CO)N3CCC(c4c[nH]c5ccccc45)CC3)CC2)c1.O=C(Nc1ccc(Cl)c(Cl)c1)N1CCC(CC(CO)N2CCC(c3c[nH]c4ccccc34)CC2)CC1. The van der Waals surface area contributed by atoms with Crippen LogP contribution in [-0.2, 0) is 4.79 Å². The summed E-state index contributed by atoms with van der Waals surface area (Å²) in [5.41, 5.74) is 8.21. The maximum Gasteiger partial charge on any atom is 0.321 e. The van der Waals surface area contributed by atoms with Gasteiger partial charge in [-0.25, -0.2) is 4.79 Å². The number of halogens is 2. The quantitative estimate of drug-likeness (QED) is 0.0733. The summed E-state index contributed by atoms with van der Waals surface area (Å²) in [4.78, 5) is 41.1. The van der Waals surface area contributed by atoms with Crippen LogP contribution in [0.15, 0.2) is 109 Å². The van der Waals surface area contributed by atoms with Crippen LogP contribution in [0.2, 0.25) is 10.0 Å². The zero-order valence-corrected chi connectivity index (χ0v) is 43.3. The fraction of sp³-hybridized carbons (Fsp3) is 0.458. The van der Waals surface area contributed by atoms with Crippen LogP contribution in [0.5, 0.6) is 0 Å². The number of rotatable bonds is 13.